The largest absolute Gasteiger partial charge is 0.356 e. The van der Waals surface area contributed by atoms with Crippen LogP contribution in [0, 0.1) is 0 Å². The zero-order chi connectivity index (χ0) is 17.8. The Morgan fingerprint density at radius 3 is 2.48 bits per heavy atom. The Bertz CT molecular complexity index is 809. The van der Waals surface area contributed by atoms with E-state index >= 15 is 0 Å². The molecular weight excluding hydrogens is 386 g/mol. The Morgan fingerprint density at radius 1 is 1.08 bits per heavy atom. The fourth-order valence-electron chi connectivity index (χ4n) is 2.52. The van der Waals surface area contributed by atoms with Gasteiger partial charge in [0.2, 0.25) is 0 Å². The number of nitrogens with zero attached hydrogens (tertiary/aromatic N) is 1. The van der Waals surface area contributed by atoms with Gasteiger partial charge in [-0.25, -0.2) is 0 Å². The van der Waals surface area contributed by atoms with Gasteiger partial charge in [0.1, 0.15) is 0 Å². The number of hydrogen-bond acceptors (Lipinski definition) is 5. The van der Waals surface area contributed by atoms with E-state index in [1.165, 1.54) is 0 Å². The fourth-order valence-corrected chi connectivity index (χ4v) is 3.07. The van der Waals surface area contributed by atoms with Crippen molar-refractivity contribution in [2.75, 3.05) is 13.2 Å². The second-order valence-electron chi connectivity index (χ2n) is 5.73. The maximum atomic E-state index is 13.2. The van der Waals surface area contributed by atoms with Crippen LogP contribution in [0.5, 0.6) is 5.75 Å². The first-order valence-corrected chi connectivity index (χ1v) is 8.71. The molecule has 0 N–H and O–H groups in total. The molecule has 0 unspecified atom stereocenters. The van der Waals surface area contributed by atoms with Gasteiger partial charge in [0, 0.05) is 15.6 Å². The summed E-state index contributed by atoms with van der Waals surface area (Å²) in [5, 5.41) is 3.95. The third-order valence-corrected chi connectivity index (χ3v) is 4.30. The number of carbonyl (C=O) groups excluding carboxylic acids is 1. The molecule has 0 spiro atoms. The van der Waals surface area contributed by atoms with Crippen LogP contribution in [0.15, 0.2) is 52.1 Å². The van der Waals surface area contributed by atoms with Crippen molar-refractivity contribution in [1.29, 1.82) is 0 Å². The van der Waals surface area contributed by atoms with Crippen molar-refractivity contribution < 1.29 is 19.1 Å². The molecule has 2 aromatic carbocycles. The van der Waals surface area contributed by atoms with E-state index in [4.69, 9.17) is 14.3 Å². The summed E-state index contributed by atoms with van der Waals surface area (Å²) in [7, 11) is 0. The lowest BCUT2D eigenvalue weighted by molar-refractivity contribution is -0.0450. The molecule has 130 valence electrons. The van der Waals surface area contributed by atoms with Crippen molar-refractivity contribution in [1.82, 2.24) is 0 Å². The summed E-state index contributed by atoms with van der Waals surface area (Å²) >= 11 is 3.50. The smallest absolute Gasteiger partial charge is 0.197 e. The summed E-state index contributed by atoms with van der Waals surface area (Å²) in [5.74, 6) is 0.239. The quantitative estimate of drug-likeness (QED) is 0.418. The molecule has 0 aliphatic carbocycles. The van der Waals surface area contributed by atoms with E-state index in [0.717, 1.165) is 10.2 Å². The van der Waals surface area contributed by atoms with E-state index in [2.05, 4.69) is 21.1 Å². The van der Waals surface area contributed by atoms with E-state index < -0.39 is 6.29 Å². The van der Waals surface area contributed by atoms with Crippen LogP contribution in [-0.2, 0) is 9.47 Å². The second kappa shape index (κ2) is 7.91. The predicted octanol–water partition coefficient (Wildman–Crippen LogP) is 4.50. The van der Waals surface area contributed by atoms with Gasteiger partial charge in [0.25, 0.3) is 0 Å². The Morgan fingerprint density at radius 2 is 1.76 bits per heavy atom. The van der Waals surface area contributed by atoms with E-state index in [0.29, 0.717) is 35.7 Å². The van der Waals surface area contributed by atoms with Gasteiger partial charge in [-0.15, -0.1) is 0 Å². The topological polar surface area (TPSA) is 57.1 Å². The third kappa shape index (κ3) is 3.98. The van der Waals surface area contributed by atoms with Crippen LogP contribution in [0.25, 0.3) is 0 Å². The van der Waals surface area contributed by atoms with Crippen LogP contribution >= 0.6 is 15.9 Å². The molecule has 6 heteroatoms. The zero-order valence-corrected chi connectivity index (χ0v) is 15.6. The minimum atomic E-state index is -0.557. The lowest BCUT2D eigenvalue weighted by Crippen LogP contribution is -2.11. The van der Waals surface area contributed by atoms with Gasteiger partial charge in [0.15, 0.2) is 17.8 Å². The molecule has 3 rings (SSSR count). The van der Waals surface area contributed by atoms with Gasteiger partial charge in [-0.3, -0.25) is 4.79 Å². The molecule has 5 nitrogen and oxygen atoms in total. The minimum absolute atomic E-state index is 0.171. The van der Waals surface area contributed by atoms with Crippen molar-refractivity contribution in [2.45, 2.75) is 20.1 Å². The van der Waals surface area contributed by atoms with E-state index in [1.807, 2.05) is 26.0 Å². The molecule has 1 fully saturated rings. The van der Waals surface area contributed by atoms with Gasteiger partial charge in [0.05, 0.1) is 24.5 Å². The van der Waals surface area contributed by atoms with Crippen molar-refractivity contribution in [3.8, 4) is 5.75 Å². The van der Waals surface area contributed by atoms with Crippen molar-refractivity contribution in [3.05, 3.63) is 63.6 Å². The van der Waals surface area contributed by atoms with Crippen molar-refractivity contribution >= 4 is 27.4 Å². The van der Waals surface area contributed by atoms with Gasteiger partial charge < -0.3 is 14.3 Å². The van der Waals surface area contributed by atoms with E-state index in [9.17, 15) is 4.79 Å². The number of ether oxygens (including phenoxy) is 2. The first-order valence-electron chi connectivity index (χ1n) is 7.91. The number of hydrogen-bond donors (Lipinski definition) is 0. The average Bonchev–Trinajstić information content (AvgIpc) is 3.13. The van der Waals surface area contributed by atoms with Gasteiger partial charge in [-0.2, -0.15) is 0 Å². The molecule has 1 heterocycles. The van der Waals surface area contributed by atoms with E-state index in [1.54, 1.807) is 30.3 Å². The number of benzene rings is 2. The summed E-state index contributed by atoms with van der Waals surface area (Å²) in [6.45, 7) is 4.66. The van der Waals surface area contributed by atoms with Gasteiger partial charge >= 0.3 is 0 Å². The molecule has 1 aliphatic heterocycles. The molecule has 0 bridgehead atoms. The highest BCUT2D eigenvalue weighted by molar-refractivity contribution is 9.10. The Labute approximate surface area is 154 Å². The molecule has 0 amide bonds. The number of rotatable bonds is 5. The Balaban J connectivity index is 2.02. The van der Waals surface area contributed by atoms with Crippen molar-refractivity contribution in [2.24, 2.45) is 5.16 Å². The summed E-state index contributed by atoms with van der Waals surface area (Å²) in [5.41, 5.74) is 2.40. The summed E-state index contributed by atoms with van der Waals surface area (Å²) < 4.78 is 12.0. The summed E-state index contributed by atoms with van der Waals surface area (Å²) in [4.78, 5) is 18.6. The zero-order valence-electron chi connectivity index (χ0n) is 14.0. The fraction of sp³-hybridized carbons (Fsp3) is 0.263. The molecule has 0 saturated carbocycles. The number of para-hydroxylation sites is 1. The maximum absolute atomic E-state index is 13.2. The molecule has 0 aromatic heterocycles. The number of halogens is 1. The molecule has 1 aliphatic rings. The van der Waals surface area contributed by atoms with Crippen LogP contribution in [0.2, 0.25) is 0 Å². The first kappa shape index (κ1) is 17.8. The molecule has 25 heavy (non-hydrogen) atoms. The van der Waals surface area contributed by atoms with Crippen molar-refractivity contribution in [3.63, 3.8) is 0 Å². The highest BCUT2D eigenvalue weighted by Gasteiger charge is 2.28. The molecular formula is C19H18BrNO4. The average molecular weight is 404 g/mol. The minimum Gasteiger partial charge on any atom is -0.356 e. The Kier molecular flexibility index (Phi) is 5.63. The summed E-state index contributed by atoms with van der Waals surface area (Å²) in [6.07, 6.45) is -0.557. The first-order chi connectivity index (χ1) is 12.1. The molecule has 1 saturated heterocycles. The second-order valence-corrected chi connectivity index (χ2v) is 6.58. The van der Waals surface area contributed by atoms with Crippen LogP contribution in [-0.4, -0.2) is 24.7 Å². The van der Waals surface area contributed by atoms with Crippen LogP contribution in [0.4, 0.5) is 0 Å². The third-order valence-electron chi connectivity index (χ3n) is 3.61. The van der Waals surface area contributed by atoms with Gasteiger partial charge in [-0.05, 0) is 32.0 Å². The van der Waals surface area contributed by atoms with Crippen LogP contribution < -0.4 is 4.84 Å². The van der Waals surface area contributed by atoms with Crippen LogP contribution in [0.1, 0.15) is 41.6 Å². The standard InChI is InChI=1S/C19H18BrNO4/c1-12(2)21-25-16-9-4-3-6-13(16)18(22)14-7-5-8-15(20)17(14)19-23-10-11-24-19/h3-9,19H,10-11H2,1-2H3. The molecule has 2 aromatic rings. The summed E-state index contributed by atoms with van der Waals surface area (Å²) in [6, 6.07) is 12.5. The monoisotopic (exact) mass is 403 g/mol. The number of ketones is 1. The number of oxime groups is 1. The molecule has 0 atom stereocenters. The molecule has 0 radical (unpaired) electrons. The lowest BCUT2D eigenvalue weighted by Gasteiger charge is -2.16. The maximum Gasteiger partial charge on any atom is 0.197 e. The van der Waals surface area contributed by atoms with Gasteiger partial charge in [-0.1, -0.05) is 45.4 Å². The highest BCUT2D eigenvalue weighted by atomic mass is 79.9. The van der Waals surface area contributed by atoms with E-state index in [-0.39, 0.29) is 5.78 Å². The number of carbonyl (C=O) groups is 1. The predicted molar refractivity (Wildman–Crippen MR) is 98.1 cm³/mol. The normalized spacial score (nSPS) is 14.4. The highest BCUT2D eigenvalue weighted by Crippen LogP contribution is 2.34. The van der Waals surface area contributed by atoms with Crippen LogP contribution in [0.3, 0.4) is 0 Å². The Hall–Kier alpha value is -2.02. The lowest BCUT2D eigenvalue weighted by atomic mass is 9.97. The SMILES string of the molecule is CC(C)=NOc1ccccc1C(=O)c1cccc(Br)c1C1OCCO1.